The van der Waals surface area contributed by atoms with Crippen molar-refractivity contribution in [1.29, 1.82) is 0 Å². The summed E-state index contributed by atoms with van der Waals surface area (Å²) in [4.78, 5) is 26.1. The predicted octanol–water partition coefficient (Wildman–Crippen LogP) is 6.18. The van der Waals surface area contributed by atoms with Crippen LogP contribution in [0.3, 0.4) is 0 Å². The molecular formula is C27H17F4NO5S. The SMILES string of the molecule is COc1ccc2c3oc(=O)c(Sc4cccc(C(F)(F)F)c4)c(O)c3c(=O)n(Cc3ccccc3F)c2c1. The maximum absolute atomic E-state index is 14.5. The van der Waals surface area contributed by atoms with Gasteiger partial charge in [0.05, 0.1) is 24.7 Å². The van der Waals surface area contributed by atoms with Gasteiger partial charge in [-0.2, -0.15) is 13.2 Å². The summed E-state index contributed by atoms with van der Waals surface area (Å²) in [7, 11) is 1.42. The Morgan fingerprint density at radius 1 is 1.03 bits per heavy atom. The van der Waals surface area contributed by atoms with E-state index in [1.165, 1.54) is 48.1 Å². The van der Waals surface area contributed by atoms with Crippen LogP contribution in [0, 0.1) is 5.82 Å². The number of aromatic nitrogens is 1. The van der Waals surface area contributed by atoms with Crippen LogP contribution in [0.1, 0.15) is 11.1 Å². The summed E-state index contributed by atoms with van der Waals surface area (Å²) < 4.78 is 65.9. The summed E-state index contributed by atoms with van der Waals surface area (Å²) in [5, 5.41) is 11.0. The molecule has 2 aromatic heterocycles. The quantitative estimate of drug-likeness (QED) is 0.211. The third-order valence-electron chi connectivity index (χ3n) is 5.93. The van der Waals surface area contributed by atoms with E-state index >= 15 is 0 Å². The lowest BCUT2D eigenvalue weighted by Gasteiger charge is -2.15. The molecule has 5 rings (SSSR count). The van der Waals surface area contributed by atoms with E-state index in [2.05, 4.69) is 0 Å². The minimum absolute atomic E-state index is 0.000942. The van der Waals surface area contributed by atoms with Gasteiger partial charge in [0.25, 0.3) is 5.56 Å². The Labute approximate surface area is 215 Å². The van der Waals surface area contributed by atoms with Crippen LogP contribution in [0.15, 0.2) is 90.5 Å². The molecule has 5 aromatic rings. The van der Waals surface area contributed by atoms with Crippen LogP contribution in [0.5, 0.6) is 11.5 Å². The van der Waals surface area contributed by atoms with Gasteiger partial charge in [0.1, 0.15) is 21.8 Å². The molecule has 0 aliphatic carbocycles. The average Bonchev–Trinajstić information content (AvgIpc) is 2.89. The number of methoxy groups -OCH3 is 1. The number of fused-ring (bicyclic) bond motifs is 3. The van der Waals surface area contributed by atoms with Gasteiger partial charge >= 0.3 is 11.8 Å². The molecule has 0 bridgehead atoms. The van der Waals surface area contributed by atoms with E-state index < -0.39 is 39.4 Å². The van der Waals surface area contributed by atoms with Crippen LogP contribution in [0.4, 0.5) is 17.6 Å². The maximum Gasteiger partial charge on any atom is 0.416 e. The normalized spacial score (nSPS) is 11.8. The van der Waals surface area contributed by atoms with Crippen molar-refractivity contribution in [1.82, 2.24) is 4.57 Å². The van der Waals surface area contributed by atoms with E-state index in [9.17, 15) is 32.3 Å². The second-order valence-electron chi connectivity index (χ2n) is 8.26. The van der Waals surface area contributed by atoms with Crippen LogP contribution in [0.25, 0.3) is 21.9 Å². The number of nitrogens with zero attached hydrogens (tertiary/aromatic N) is 1. The number of aromatic hydroxyl groups is 1. The number of hydrogen-bond donors (Lipinski definition) is 1. The first-order valence-corrected chi connectivity index (χ1v) is 11.9. The summed E-state index contributed by atoms with van der Waals surface area (Å²) in [6, 6.07) is 14.6. The predicted molar refractivity (Wildman–Crippen MR) is 134 cm³/mol. The molecule has 0 atom stereocenters. The number of benzene rings is 3. The largest absolute Gasteiger partial charge is 0.505 e. The molecule has 0 unspecified atom stereocenters. The molecule has 0 spiro atoms. The Morgan fingerprint density at radius 3 is 2.50 bits per heavy atom. The molecule has 3 aromatic carbocycles. The Kier molecular flexibility index (Phi) is 6.39. The maximum atomic E-state index is 14.5. The average molecular weight is 543 g/mol. The smallest absolute Gasteiger partial charge is 0.416 e. The van der Waals surface area contributed by atoms with Gasteiger partial charge in [0.15, 0.2) is 11.3 Å². The Bertz CT molecular complexity index is 1830. The minimum atomic E-state index is -4.62. The van der Waals surface area contributed by atoms with Crippen LogP contribution >= 0.6 is 11.8 Å². The van der Waals surface area contributed by atoms with Gasteiger partial charge in [0.2, 0.25) is 0 Å². The van der Waals surface area contributed by atoms with Crippen LogP contribution < -0.4 is 15.9 Å². The lowest BCUT2D eigenvalue weighted by Crippen LogP contribution is -2.23. The van der Waals surface area contributed by atoms with Crippen LogP contribution in [-0.4, -0.2) is 16.8 Å². The number of halogens is 4. The van der Waals surface area contributed by atoms with Gasteiger partial charge in [0, 0.05) is 21.9 Å². The Hall–Kier alpha value is -4.25. The third-order valence-corrected chi connectivity index (χ3v) is 6.98. The second kappa shape index (κ2) is 9.56. The van der Waals surface area contributed by atoms with E-state index in [0.29, 0.717) is 17.5 Å². The van der Waals surface area contributed by atoms with E-state index in [4.69, 9.17) is 9.15 Å². The number of alkyl halides is 3. The highest BCUT2D eigenvalue weighted by molar-refractivity contribution is 7.99. The van der Waals surface area contributed by atoms with Crippen molar-refractivity contribution in [3.8, 4) is 11.5 Å². The molecule has 2 heterocycles. The van der Waals surface area contributed by atoms with Gasteiger partial charge in [-0.15, -0.1) is 0 Å². The zero-order valence-corrected chi connectivity index (χ0v) is 20.3. The molecule has 6 nitrogen and oxygen atoms in total. The summed E-state index contributed by atoms with van der Waals surface area (Å²) in [5.41, 5.74) is -2.55. The van der Waals surface area contributed by atoms with Gasteiger partial charge < -0.3 is 18.8 Å². The monoisotopic (exact) mass is 543 g/mol. The van der Waals surface area contributed by atoms with Gasteiger partial charge in [-0.05, 0) is 36.4 Å². The van der Waals surface area contributed by atoms with Gasteiger partial charge in [-0.1, -0.05) is 36.0 Å². The topological polar surface area (TPSA) is 81.7 Å². The van der Waals surface area contributed by atoms with E-state index in [0.717, 1.165) is 18.2 Å². The zero-order valence-electron chi connectivity index (χ0n) is 19.5. The third kappa shape index (κ3) is 4.49. The van der Waals surface area contributed by atoms with E-state index in [1.54, 1.807) is 12.1 Å². The first-order valence-electron chi connectivity index (χ1n) is 11.1. The molecule has 0 amide bonds. The standard InChI is InChI=1S/C27H17F4NO5S/c1-36-16-9-10-18-20(12-16)32(13-14-5-2-3-8-19(14)28)25(34)21-22(33)24(26(35)37-23(18)21)38-17-7-4-6-15(11-17)27(29,30)31/h2-12,33H,13H2,1H3. The molecule has 1 N–H and O–H groups in total. The van der Waals surface area contributed by atoms with Crippen molar-refractivity contribution in [2.75, 3.05) is 7.11 Å². The fourth-order valence-corrected chi connectivity index (χ4v) is 4.98. The summed E-state index contributed by atoms with van der Waals surface area (Å²) in [6.07, 6.45) is -4.62. The first-order chi connectivity index (χ1) is 18.1. The van der Waals surface area contributed by atoms with Crippen LogP contribution in [-0.2, 0) is 12.7 Å². The van der Waals surface area contributed by atoms with Crippen LogP contribution in [0.2, 0.25) is 0 Å². The highest BCUT2D eigenvalue weighted by atomic mass is 32.2. The minimum Gasteiger partial charge on any atom is -0.505 e. The summed E-state index contributed by atoms with van der Waals surface area (Å²) >= 11 is 0.534. The lowest BCUT2D eigenvalue weighted by atomic mass is 10.1. The number of hydrogen-bond acceptors (Lipinski definition) is 6. The first kappa shape index (κ1) is 25.4. The number of ether oxygens (including phenoxy) is 1. The van der Waals surface area contributed by atoms with Crippen molar-refractivity contribution in [3.05, 3.63) is 104 Å². The lowest BCUT2D eigenvalue weighted by molar-refractivity contribution is -0.137. The zero-order chi connectivity index (χ0) is 27.2. The van der Waals surface area contributed by atoms with E-state index in [-0.39, 0.29) is 38.9 Å². The fourth-order valence-electron chi connectivity index (χ4n) is 4.09. The molecule has 0 saturated carbocycles. The Balaban J connectivity index is 1.77. The Morgan fingerprint density at radius 2 is 1.79 bits per heavy atom. The molecule has 0 fully saturated rings. The van der Waals surface area contributed by atoms with Crippen molar-refractivity contribution < 1.29 is 31.8 Å². The number of rotatable bonds is 5. The van der Waals surface area contributed by atoms with Crippen molar-refractivity contribution in [2.24, 2.45) is 0 Å². The summed E-state index contributed by atoms with van der Waals surface area (Å²) in [5.74, 6) is -0.925. The molecule has 0 aliphatic rings. The van der Waals surface area contributed by atoms with Crippen molar-refractivity contribution >= 4 is 33.6 Å². The molecule has 0 aliphatic heterocycles. The van der Waals surface area contributed by atoms with E-state index in [1.807, 2.05) is 0 Å². The van der Waals surface area contributed by atoms with Crippen molar-refractivity contribution in [2.45, 2.75) is 22.5 Å². The van der Waals surface area contributed by atoms with Crippen molar-refractivity contribution in [3.63, 3.8) is 0 Å². The second-order valence-corrected chi connectivity index (χ2v) is 9.35. The summed E-state index contributed by atoms with van der Waals surface area (Å²) in [6.45, 7) is -0.222. The molecule has 0 radical (unpaired) electrons. The molecule has 11 heteroatoms. The van der Waals surface area contributed by atoms with Gasteiger partial charge in [-0.3, -0.25) is 4.79 Å². The highest BCUT2D eigenvalue weighted by Gasteiger charge is 2.31. The molecule has 194 valence electrons. The number of pyridine rings is 1. The molecule has 38 heavy (non-hydrogen) atoms. The highest BCUT2D eigenvalue weighted by Crippen LogP contribution is 2.39. The molecule has 0 saturated heterocycles. The van der Waals surface area contributed by atoms with Gasteiger partial charge in [-0.25, -0.2) is 9.18 Å². The molecular weight excluding hydrogens is 526 g/mol. The fraction of sp³-hybridized carbons (Fsp3) is 0.111.